The predicted molar refractivity (Wildman–Crippen MR) is 130 cm³/mol. The molecule has 0 saturated heterocycles. The van der Waals surface area contributed by atoms with Crippen molar-refractivity contribution < 1.29 is 28.0 Å². The van der Waals surface area contributed by atoms with Crippen molar-refractivity contribution in [1.82, 2.24) is 15.2 Å². The molecule has 0 saturated carbocycles. The van der Waals surface area contributed by atoms with E-state index in [0.29, 0.717) is 17.7 Å². The van der Waals surface area contributed by atoms with Crippen molar-refractivity contribution >= 4 is 29.2 Å². The lowest BCUT2D eigenvalue weighted by Gasteiger charge is -2.25. The first-order valence-electron chi connectivity index (χ1n) is 11.5. The summed E-state index contributed by atoms with van der Waals surface area (Å²) in [5.41, 5.74) is 0.151. The second-order valence-electron chi connectivity index (χ2n) is 8.55. The van der Waals surface area contributed by atoms with Crippen LogP contribution in [0.3, 0.4) is 0 Å². The summed E-state index contributed by atoms with van der Waals surface area (Å²) in [6.45, 7) is 5.13. The molecule has 0 aliphatic heterocycles. The Bertz CT molecular complexity index is 1180. The summed E-state index contributed by atoms with van der Waals surface area (Å²) in [6.07, 6.45) is 0.399. The second-order valence-corrected chi connectivity index (χ2v) is 8.55. The lowest BCUT2D eigenvalue weighted by molar-refractivity contribution is -0.161. The highest BCUT2D eigenvalue weighted by Gasteiger charge is 2.51. The maximum Gasteiger partial charge on any atom is 0.383 e. The minimum Gasteiger partial charge on any atom is -0.350 e. The van der Waals surface area contributed by atoms with Gasteiger partial charge in [0.25, 0.3) is 11.5 Å². The minimum atomic E-state index is -4.35. The Kier molecular flexibility index (Phi) is 9.60. The van der Waals surface area contributed by atoms with Gasteiger partial charge in [-0.15, -0.1) is 0 Å². The van der Waals surface area contributed by atoms with E-state index in [0.717, 1.165) is 4.57 Å². The summed E-state index contributed by atoms with van der Waals surface area (Å²) in [5.74, 6) is -10.0. The first-order chi connectivity index (χ1) is 16.9. The predicted octanol–water partition coefficient (Wildman–Crippen LogP) is 2.35. The van der Waals surface area contributed by atoms with Crippen LogP contribution < -0.4 is 21.5 Å². The smallest absolute Gasteiger partial charge is 0.350 e. The third-order valence-electron chi connectivity index (χ3n) is 5.25. The molecule has 36 heavy (non-hydrogen) atoms. The molecule has 11 heteroatoms. The number of hydrogen-bond donors (Lipinski definition) is 3. The van der Waals surface area contributed by atoms with Gasteiger partial charge in [-0.3, -0.25) is 28.5 Å². The molecule has 1 atom stereocenters. The molecular weight excluding hydrogens is 474 g/mol. The Morgan fingerprint density at radius 1 is 1.03 bits per heavy atom. The molecule has 1 heterocycles. The maximum atomic E-state index is 14.5. The zero-order valence-electron chi connectivity index (χ0n) is 20.6. The summed E-state index contributed by atoms with van der Waals surface area (Å²) < 4.78 is 30.1. The van der Waals surface area contributed by atoms with Crippen LogP contribution >= 0.6 is 0 Å². The van der Waals surface area contributed by atoms with Crippen molar-refractivity contribution in [2.24, 2.45) is 5.92 Å². The van der Waals surface area contributed by atoms with E-state index in [2.05, 4.69) is 10.6 Å². The number of rotatable bonds is 11. The fourth-order valence-electron chi connectivity index (χ4n) is 3.44. The first kappa shape index (κ1) is 28.3. The van der Waals surface area contributed by atoms with Crippen molar-refractivity contribution in [3.05, 3.63) is 52.8 Å². The summed E-state index contributed by atoms with van der Waals surface area (Å²) >= 11 is 0. The van der Waals surface area contributed by atoms with Gasteiger partial charge in [0.2, 0.25) is 17.6 Å². The lowest BCUT2D eigenvalue weighted by Crippen LogP contribution is -2.56. The van der Waals surface area contributed by atoms with Crippen LogP contribution in [-0.2, 0) is 25.7 Å². The quantitative estimate of drug-likeness (QED) is 0.405. The monoisotopic (exact) mass is 504 g/mol. The van der Waals surface area contributed by atoms with Gasteiger partial charge in [0.15, 0.2) is 0 Å². The number of hydrogen-bond acceptors (Lipinski definition) is 5. The van der Waals surface area contributed by atoms with E-state index < -0.39 is 53.5 Å². The number of Topliss-reactive ketones (excluding diaryl/α,β-unsaturated/α-hetero) is 1. The largest absolute Gasteiger partial charge is 0.383 e. The van der Waals surface area contributed by atoms with E-state index in [9.17, 15) is 32.8 Å². The number of carbonyl (C=O) groups is 4. The lowest BCUT2D eigenvalue weighted by atomic mass is 9.95. The number of carbonyl (C=O) groups excluding carboxylic acids is 4. The Hall–Kier alpha value is -3.89. The van der Waals surface area contributed by atoms with Crippen molar-refractivity contribution in [3.8, 4) is 11.3 Å². The fourth-order valence-corrected chi connectivity index (χ4v) is 3.44. The number of alkyl halides is 2. The van der Waals surface area contributed by atoms with Crippen molar-refractivity contribution in [2.75, 3.05) is 11.9 Å². The molecule has 0 aliphatic carbocycles. The molecule has 1 aromatic carbocycles. The van der Waals surface area contributed by atoms with Crippen LogP contribution in [0.2, 0.25) is 0 Å². The molecule has 3 amide bonds. The first-order valence-corrected chi connectivity index (χ1v) is 11.5. The normalized spacial score (nSPS) is 12.1. The molecule has 0 aliphatic rings. The van der Waals surface area contributed by atoms with E-state index in [4.69, 9.17) is 0 Å². The number of halogens is 2. The van der Waals surface area contributed by atoms with Gasteiger partial charge in [0, 0.05) is 13.5 Å². The van der Waals surface area contributed by atoms with Crippen LogP contribution in [0.25, 0.3) is 11.3 Å². The maximum absolute atomic E-state index is 14.5. The number of nitrogens with one attached hydrogen (secondary N) is 3. The van der Waals surface area contributed by atoms with E-state index in [1.54, 1.807) is 37.3 Å². The Morgan fingerprint density at radius 2 is 1.67 bits per heavy atom. The molecule has 0 spiro atoms. The number of nitrogens with zero attached hydrogens (tertiary/aromatic N) is 1. The molecular formula is C25H30F2N4O5. The van der Waals surface area contributed by atoms with E-state index >= 15 is 0 Å². The number of amides is 3. The molecule has 2 aromatic rings. The number of ketones is 1. The molecule has 3 N–H and O–H groups in total. The summed E-state index contributed by atoms with van der Waals surface area (Å²) in [7, 11) is 0. The average molecular weight is 505 g/mol. The molecule has 194 valence electrons. The standard InChI is InChI=1S/C25H30F2N4O5/c1-5-13-28-24(36)25(26,27)22(34)21(15(2)3)30-20(33)14-31-19(17-9-7-6-8-10-17)12-11-18(23(31)35)29-16(4)32/h6-12,15,21H,5,13-14H2,1-4H3,(H,28,36)(H,29,32)(H,30,33). The van der Waals surface area contributed by atoms with Crippen LogP contribution in [0.1, 0.15) is 34.1 Å². The van der Waals surface area contributed by atoms with E-state index in [1.165, 1.54) is 32.9 Å². The summed E-state index contributed by atoms with van der Waals surface area (Å²) in [4.78, 5) is 61.9. The van der Waals surface area contributed by atoms with Crippen LogP contribution in [0.4, 0.5) is 14.5 Å². The third kappa shape index (κ3) is 6.83. The molecule has 1 unspecified atom stereocenters. The van der Waals surface area contributed by atoms with Gasteiger partial charge >= 0.3 is 5.92 Å². The Morgan fingerprint density at radius 3 is 2.22 bits per heavy atom. The minimum absolute atomic E-state index is 0.0315. The molecule has 2 rings (SSSR count). The van der Waals surface area contributed by atoms with Gasteiger partial charge in [0.05, 0.1) is 11.7 Å². The van der Waals surface area contributed by atoms with Gasteiger partial charge in [-0.2, -0.15) is 8.78 Å². The highest BCUT2D eigenvalue weighted by molar-refractivity contribution is 6.10. The SMILES string of the molecule is CCCNC(=O)C(F)(F)C(=O)C(NC(=O)Cn1c(-c2ccccc2)ccc(NC(C)=O)c1=O)C(C)C. The fraction of sp³-hybridized carbons (Fsp3) is 0.400. The van der Waals surface area contributed by atoms with Crippen LogP contribution in [0.15, 0.2) is 47.3 Å². The number of anilines is 1. The third-order valence-corrected chi connectivity index (χ3v) is 5.25. The van der Waals surface area contributed by atoms with Gasteiger partial charge in [-0.25, -0.2) is 0 Å². The van der Waals surface area contributed by atoms with Crippen molar-refractivity contribution in [1.29, 1.82) is 0 Å². The summed E-state index contributed by atoms with van der Waals surface area (Å²) in [5, 5.41) is 6.64. The van der Waals surface area contributed by atoms with Gasteiger partial charge < -0.3 is 16.0 Å². The van der Waals surface area contributed by atoms with Gasteiger partial charge in [0.1, 0.15) is 12.2 Å². The van der Waals surface area contributed by atoms with Crippen LogP contribution in [0, 0.1) is 5.92 Å². The Labute approximate surface area is 207 Å². The van der Waals surface area contributed by atoms with Crippen LogP contribution in [-0.4, -0.2) is 46.6 Å². The molecule has 9 nitrogen and oxygen atoms in total. The van der Waals surface area contributed by atoms with E-state index in [-0.39, 0.29) is 12.2 Å². The number of aromatic nitrogens is 1. The highest BCUT2D eigenvalue weighted by atomic mass is 19.3. The van der Waals surface area contributed by atoms with Crippen molar-refractivity contribution in [3.63, 3.8) is 0 Å². The van der Waals surface area contributed by atoms with Crippen molar-refractivity contribution in [2.45, 2.75) is 52.6 Å². The topological polar surface area (TPSA) is 126 Å². The zero-order valence-corrected chi connectivity index (χ0v) is 20.6. The molecule has 0 bridgehead atoms. The van der Waals surface area contributed by atoms with Gasteiger partial charge in [-0.1, -0.05) is 51.1 Å². The molecule has 1 aromatic heterocycles. The average Bonchev–Trinajstić information content (AvgIpc) is 2.83. The zero-order chi connectivity index (χ0) is 27.0. The highest BCUT2D eigenvalue weighted by Crippen LogP contribution is 2.22. The Balaban J connectivity index is 2.38. The van der Waals surface area contributed by atoms with E-state index in [1.807, 2.05) is 5.32 Å². The molecule has 0 fully saturated rings. The second kappa shape index (κ2) is 12.2. The summed E-state index contributed by atoms with van der Waals surface area (Å²) in [6, 6.07) is 9.88. The van der Waals surface area contributed by atoms with Gasteiger partial charge in [-0.05, 0) is 30.0 Å². The molecule has 0 radical (unpaired) electrons. The van der Waals surface area contributed by atoms with Crippen LogP contribution in [0.5, 0.6) is 0 Å². The number of pyridine rings is 1. The number of benzene rings is 1.